The topological polar surface area (TPSA) is 15.3 Å². The monoisotopic (exact) mass is 302 g/mol. The normalized spacial score (nSPS) is 21.9. The van der Waals surface area contributed by atoms with Crippen molar-refractivity contribution in [2.75, 3.05) is 19.6 Å². The first-order valence-electron chi connectivity index (χ1n) is 5.76. The average molecular weight is 303 g/mol. The highest BCUT2D eigenvalue weighted by molar-refractivity contribution is 9.10. The third-order valence-electron chi connectivity index (χ3n) is 2.93. The summed E-state index contributed by atoms with van der Waals surface area (Å²) in [6, 6.07) is 2.14. The summed E-state index contributed by atoms with van der Waals surface area (Å²) in [4.78, 5) is 3.99. The molecule has 0 unspecified atom stereocenters. The van der Waals surface area contributed by atoms with Gasteiger partial charge in [0.15, 0.2) is 0 Å². The number of rotatable bonds is 2. The summed E-state index contributed by atoms with van der Waals surface area (Å²) in [5, 5.41) is 5.75. The highest BCUT2D eigenvalue weighted by Gasteiger charge is 2.24. The molecule has 1 aromatic rings. The maximum atomic E-state index is 3.61. The number of hydrogen-bond acceptors (Lipinski definition) is 3. The Hall–Kier alpha value is 0.1000. The quantitative estimate of drug-likeness (QED) is 0.903. The van der Waals surface area contributed by atoms with E-state index in [1.165, 1.54) is 22.3 Å². The van der Waals surface area contributed by atoms with Gasteiger partial charge in [0.1, 0.15) is 0 Å². The molecule has 0 bridgehead atoms. The Bertz CT molecular complexity index is 349. The molecule has 16 heavy (non-hydrogen) atoms. The lowest BCUT2D eigenvalue weighted by atomic mass is 10.1. The molecule has 1 N–H and O–H groups in total. The maximum absolute atomic E-state index is 3.61. The van der Waals surface area contributed by atoms with Gasteiger partial charge in [-0.15, -0.1) is 11.3 Å². The van der Waals surface area contributed by atoms with E-state index in [1.54, 1.807) is 0 Å². The van der Waals surface area contributed by atoms with Gasteiger partial charge in [0.05, 0.1) is 0 Å². The van der Waals surface area contributed by atoms with E-state index in [0.29, 0.717) is 0 Å². The van der Waals surface area contributed by atoms with Crippen LogP contribution in [0.5, 0.6) is 0 Å². The molecule has 1 aliphatic heterocycles. The molecule has 0 aliphatic carbocycles. The molecular formula is C12H19BrN2S. The number of halogens is 1. The van der Waals surface area contributed by atoms with Crippen LogP contribution < -0.4 is 5.32 Å². The second kappa shape index (κ2) is 5.17. The predicted molar refractivity (Wildman–Crippen MR) is 74.0 cm³/mol. The van der Waals surface area contributed by atoms with Crippen LogP contribution in [0, 0.1) is 0 Å². The van der Waals surface area contributed by atoms with E-state index >= 15 is 0 Å². The lowest BCUT2D eigenvalue weighted by Gasteiger charge is -2.29. The van der Waals surface area contributed by atoms with Gasteiger partial charge >= 0.3 is 0 Å². The summed E-state index contributed by atoms with van der Waals surface area (Å²) >= 11 is 5.45. The molecule has 2 heterocycles. The van der Waals surface area contributed by atoms with Crippen molar-refractivity contribution < 1.29 is 0 Å². The summed E-state index contributed by atoms with van der Waals surface area (Å²) < 4.78 is 1.26. The molecule has 1 aliphatic rings. The summed E-state index contributed by atoms with van der Waals surface area (Å²) in [7, 11) is 0. The number of thiophene rings is 1. The molecule has 90 valence electrons. The van der Waals surface area contributed by atoms with Crippen LogP contribution in [0.25, 0.3) is 0 Å². The van der Waals surface area contributed by atoms with E-state index in [0.717, 1.165) is 19.6 Å². The fourth-order valence-corrected chi connectivity index (χ4v) is 3.72. The minimum atomic E-state index is 0.236. The molecule has 1 saturated heterocycles. The van der Waals surface area contributed by atoms with Crippen LogP contribution in [0.15, 0.2) is 15.9 Å². The van der Waals surface area contributed by atoms with Crippen LogP contribution in [-0.4, -0.2) is 30.1 Å². The minimum absolute atomic E-state index is 0.236. The number of nitrogens with zero attached hydrogens (tertiary/aromatic N) is 1. The van der Waals surface area contributed by atoms with Crippen molar-refractivity contribution in [2.24, 2.45) is 0 Å². The Morgan fingerprint density at radius 2 is 2.38 bits per heavy atom. The van der Waals surface area contributed by atoms with Crippen molar-refractivity contribution in [3.05, 3.63) is 20.8 Å². The largest absolute Gasteiger partial charge is 0.310 e. The molecule has 0 saturated carbocycles. The van der Waals surface area contributed by atoms with Gasteiger partial charge in [-0.05, 0) is 60.7 Å². The SMILES string of the molecule is CC1(C)CN(Cc2sccc2Br)CCCN1. The zero-order valence-electron chi connectivity index (χ0n) is 9.92. The fourth-order valence-electron chi connectivity index (χ4n) is 2.20. The second-order valence-electron chi connectivity index (χ2n) is 5.07. The molecule has 1 fully saturated rings. The first-order chi connectivity index (χ1) is 7.57. The van der Waals surface area contributed by atoms with E-state index in [4.69, 9.17) is 0 Å². The Kier molecular flexibility index (Phi) is 4.06. The molecule has 0 spiro atoms. The van der Waals surface area contributed by atoms with Crippen molar-refractivity contribution in [2.45, 2.75) is 32.4 Å². The van der Waals surface area contributed by atoms with Crippen molar-refractivity contribution in [1.29, 1.82) is 0 Å². The number of nitrogens with one attached hydrogen (secondary N) is 1. The average Bonchev–Trinajstić information content (AvgIpc) is 2.49. The highest BCUT2D eigenvalue weighted by Crippen LogP contribution is 2.25. The van der Waals surface area contributed by atoms with E-state index < -0.39 is 0 Å². The van der Waals surface area contributed by atoms with Gasteiger partial charge in [0.2, 0.25) is 0 Å². The molecule has 1 aromatic heterocycles. The summed E-state index contributed by atoms with van der Waals surface area (Å²) in [6.07, 6.45) is 1.24. The highest BCUT2D eigenvalue weighted by atomic mass is 79.9. The molecule has 0 radical (unpaired) electrons. The maximum Gasteiger partial charge on any atom is 0.0340 e. The number of hydrogen-bond donors (Lipinski definition) is 1. The van der Waals surface area contributed by atoms with Crippen LogP contribution in [0.1, 0.15) is 25.1 Å². The molecule has 2 nitrogen and oxygen atoms in total. The van der Waals surface area contributed by atoms with Gasteiger partial charge in [-0.2, -0.15) is 0 Å². The molecule has 2 rings (SSSR count). The lowest BCUT2D eigenvalue weighted by molar-refractivity contribution is 0.225. The zero-order chi connectivity index (χ0) is 11.6. The third-order valence-corrected chi connectivity index (χ3v) is 4.84. The van der Waals surface area contributed by atoms with Crippen LogP contribution in [0.3, 0.4) is 0 Å². The third kappa shape index (κ3) is 3.29. The van der Waals surface area contributed by atoms with E-state index in [2.05, 4.69) is 51.4 Å². The Labute approximate surface area is 110 Å². The Morgan fingerprint density at radius 1 is 1.56 bits per heavy atom. The minimum Gasteiger partial charge on any atom is -0.310 e. The van der Waals surface area contributed by atoms with Gasteiger partial charge in [0, 0.05) is 28.0 Å². The molecule has 0 amide bonds. The van der Waals surface area contributed by atoms with Crippen LogP contribution in [0.4, 0.5) is 0 Å². The van der Waals surface area contributed by atoms with Crippen molar-refractivity contribution in [3.8, 4) is 0 Å². The Balaban J connectivity index is 2.01. The predicted octanol–water partition coefficient (Wildman–Crippen LogP) is 3.08. The first-order valence-corrected chi connectivity index (χ1v) is 7.43. The van der Waals surface area contributed by atoms with Crippen LogP contribution in [0.2, 0.25) is 0 Å². The van der Waals surface area contributed by atoms with E-state index in [1.807, 2.05) is 11.3 Å². The van der Waals surface area contributed by atoms with Gasteiger partial charge in [-0.3, -0.25) is 4.90 Å². The summed E-state index contributed by atoms with van der Waals surface area (Å²) in [6.45, 7) is 9.10. The van der Waals surface area contributed by atoms with E-state index in [9.17, 15) is 0 Å². The molecular weight excluding hydrogens is 284 g/mol. The van der Waals surface area contributed by atoms with Crippen LogP contribution in [-0.2, 0) is 6.54 Å². The van der Waals surface area contributed by atoms with E-state index in [-0.39, 0.29) is 5.54 Å². The van der Waals surface area contributed by atoms with Gasteiger partial charge in [0.25, 0.3) is 0 Å². The molecule has 4 heteroatoms. The zero-order valence-corrected chi connectivity index (χ0v) is 12.3. The lowest BCUT2D eigenvalue weighted by Crippen LogP contribution is -2.46. The van der Waals surface area contributed by atoms with Gasteiger partial charge in [-0.25, -0.2) is 0 Å². The van der Waals surface area contributed by atoms with Crippen LogP contribution >= 0.6 is 27.3 Å². The smallest absolute Gasteiger partial charge is 0.0340 e. The standard InChI is InChI=1S/C12H19BrN2S/c1-12(2)9-15(6-3-5-14-12)8-11-10(13)4-7-16-11/h4,7,14H,3,5-6,8-9H2,1-2H3. The second-order valence-corrected chi connectivity index (χ2v) is 6.92. The van der Waals surface area contributed by atoms with Gasteiger partial charge < -0.3 is 5.32 Å². The van der Waals surface area contributed by atoms with Crippen molar-refractivity contribution >= 4 is 27.3 Å². The van der Waals surface area contributed by atoms with Gasteiger partial charge in [-0.1, -0.05) is 0 Å². The first kappa shape index (κ1) is 12.6. The summed E-state index contributed by atoms with van der Waals surface area (Å²) in [5.74, 6) is 0. The molecule has 0 atom stereocenters. The molecule has 0 aromatic carbocycles. The Morgan fingerprint density at radius 3 is 3.06 bits per heavy atom. The van der Waals surface area contributed by atoms with Crippen molar-refractivity contribution in [3.63, 3.8) is 0 Å². The van der Waals surface area contributed by atoms with Crippen molar-refractivity contribution in [1.82, 2.24) is 10.2 Å². The summed E-state index contributed by atoms with van der Waals surface area (Å²) in [5.41, 5.74) is 0.236. The fraction of sp³-hybridized carbons (Fsp3) is 0.667.